The Balaban J connectivity index is 1.55. The number of nitrogens with one attached hydrogen (secondary N) is 1. The molecule has 1 atom stereocenters. The van der Waals surface area contributed by atoms with Crippen molar-refractivity contribution in [3.8, 4) is 0 Å². The zero-order valence-corrected chi connectivity index (χ0v) is 17.7. The first-order valence-electron chi connectivity index (χ1n) is 10.6. The summed E-state index contributed by atoms with van der Waals surface area (Å²) in [7, 11) is 0. The molecule has 1 aliphatic rings. The Kier molecular flexibility index (Phi) is 6.23. The van der Waals surface area contributed by atoms with Gasteiger partial charge in [0, 0.05) is 26.2 Å². The lowest BCUT2D eigenvalue weighted by molar-refractivity contribution is -0.130. The molecule has 0 bridgehead atoms. The smallest absolute Gasteiger partial charge is 0.227 e. The molecule has 1 unspecified atom stereocenters. The summed E-state index contributed by atoms with van der Waals surface area (Å²) >= 11 is 0. The van der Waals surface area contributed by atoms with Crippen molar-refractivity contribution in [1.29, 1.82) is 0 Å². The summed E-state index contributed by atoms with van der Waals surface area (Å²) in [6, 6.07) is 18.5. The third kappa shape index (κ3) is 4.76. The number of aromatic nitrogens is 3. The zero-order valence-electron chi connectivity index (χ0n) is 17.7. The van der Waals surface area contributed by atoms with Crippen LogP contribution in [0.15, 0.2) is 54.6 Å². The van der Waals surface area contributed by atoms with Crippen molar-refractivity contribution in [2.45, 2.75) is 39.3 Å². The highest BCUT2D eigenvalue weighted by Crippen LogP contribution is 2.25. The first-order chi connectivity index (χ1) is 14.6. The molecule has 6 heteroatoms. The summed E-state index contributed by atoms with van der Waals surface area (Å²) in [5.74, 6) is 1.73. The molecule has 30 heavy (non-hydrogen) atoms. The van der Waals surface area contributed by atoms with Gasteiger partial charge in [-0.1, -0.05) is 54.6 Å². The van der Waals surface area contributed by atoms with E-state index in [4.69, 9.17) is 0 Å². The summed E-state index contributed by atoms with van der Waals surface area (Å²) in [5, 5.41) is 7.42. The molecule has 1 aliphatic heterocycles. The monoisotopic (exact) mass is 403 g/mol. The average molecular weight is 404 g/mol. The van der Waals surface area contributed by atoms with Gasteiger partial charge in [0.1, 0.15) is 5.82 Å². The van der Waals surface area contributed by atoms with Gasteiger partial charge in [-0.05, 0) is 37.0 Å². The second kappa shape index (κ2) is 9.22. The number of H-pyrrole nitrogens is 1. The van der Waals surface area contributed by atoms with Crippen LogP contribution in [-0.4, -0.2) is 50.5 Å². The van der Waals surface area contributed by atoms with E-state index in [9.17, 15) is 4.79 Å². The summed E-state index contributed by atoms with van der Waals surface area (Å²) in [6.07, 6.45) is 1.37. The molecule has 0 radical (unpaired) electrons. The van der Waals surface area contributed by atoms with Crippen molar-refractivity contribution < 1.29 is 4.79 Å². The van der Waals surface area contributed by atoms with Crippen LogP contribution in [-0.2, 0) is 17.8 Å². The van der Waals surface area contributed by atoms with Crippen LogP contribution in [0.5, 0.6) is 0 Å². The fourth-order valence-corrected chi connectivity index (χ4v) is 4.11. The maximum Gasteiger partial charge on any atom is 0.227 e. The quantitative estimate of drug-likeness (QED) is 0.709. The largest absolute Gasteiger partial charge is 0.340 e. The Morgan fingerprint density at radius 2 is 1.83 bits per heavy atom. The van der Waals surface area contributed by atoms with E-state index < -0.39 is 0 Å². The summed E-state index contributed by atoms with van der Waals surface area (Å²) in [6.45, 7) is 7.06. The third-order valence-corrected chi connectivity index (χ3v) is 5.80. The number of hydrogen-bond acceptors (Lipinski definition) is 4. The van der Waals surface area contributed by atoms with Crippen LogP contribution < -0.4 is 0 Å². The Morgan fingerprint density at radius 3 is 2.57 bits per heavy atom. The van der Waals surface area contributed by atoms with E-state index in [1.807, 2.05) is 36.1 Å². The van der Waals surface area contributed by atoms with Crippen molar-refractivity contribution >= 4 is 5.91 Å². The van der Waals surface area contributed by atoms with Crippen LogP contribution in [0.3, 0.4) is 0 Å². The predicted octanol–water partition coefficient (Wildman–Crippen LogP) is 3.44. The SMILES string of the molecule is Cc1nc(C2CN(C(=O)Cc3ccccc3C)CCCN2Cc2ccccc2)n[nH]1. The molecule has 0 saturated carbocycles. The number of hydrogen-bond donors (Lipinski definition) is 1. The molecule has 6 nitrogen and oxygen atoms in total. The highest BCUT2D eigenvalue weighted by Gasteiger charge is 2.31. The van der Waals surface area contributed by atoms with Crippen LogP contribution in [0.25, 0.3) is 0 Å². The van der Waals surface area contributed by atoms with Gasteiger partial charge in [0.25, 0.3) is 0 Å². The second-order valence-electron chi connectivity index (χ2n) is 8.05. The molecule has 2 aromatic carbocycles. The number of benzene rings is 2. The van der Waals surface area contributed by atoms with E-state index >= 15 is 0 Å². The summed E-state index contributed by atoms with van der Waals surface area (Å²) < 4.78 is 0. The maximum atomic E-state index is 13.2. The molecule has 1 fully saturated rings. The van der Waals surface area contributed by atoms with Gasteiger partial charge in [-0.15, -0.1) is 0 Å². The lowest BCUT2D eigenvalue weighted by Crippen LogP contribution is -2.38. The number of rotatable bonds is 5. The molecular formula is C24H29N5O. The van der Waals surface area contributed by atoms with Crippen molar-refractivity contribution in [1.82, 2.24) is 25.0 Å². The molecule has 1 saturated heterocycles. The van der Waals surface area contributed by atoms with Crippen molar-refractivity contribution in [3.05, 3.63) is 82.9 Å². The summed E-state index contributed by atoms with van der Waals surface area (Å²) in [4.78, 5) is 22.2. The minimum Gasteiger partial charge on any atom is -0.340 e. The molecule has 156 valence electrons. The van der Waals surface area contributed by atoms with Gasteiger partial charge in [0.05, 0.1) is 12.5 Å². The molecule has 1 aromatic heterocycles. The van der Waals surface area contributed by atoms with E-state index in [1.54, 1.807) is 0 Å². The van der Waals surface area contributed by atoms with Gasteiger partial charge in [0.2, 0.25) is 5.91 Å². The van der Waals surface area contributed by atoms with E-state index in [0.717, 1.165) is 48.8 Å². The minimum atomic E-state index is -0.0292. The molecule has 1 N–H and O–H groups in total. The van der Waals surface area contributed by atoms with E-state index in [0.29, 0.717) is 13.0 Å². The van der Waals surface area contributed by atoms with Crippen LogP contribution in [0.2, 0.25) is 0 Å². The van der Waals surface area contributed by atoms with E-state index in [1.165, 1.54) is 5.56 Å². The Bertz CT molecular complexity index is 984. The lowest BCUT2D eigenvalue weighted by atomic mass is 10.1. The Hall–Kier alpha value is -2.99. The van der Waals surface area contributed by atoms with Crippen molar-refractivity contribution in [2.24, 2.45) is 0 Å². The first-order valence-corrected chi connectivity index (χ1v) is 10.6. The number of amides is 1. The number of nitrogens with zero attached hydrogens (tertiary/aromatic N) is 4. The number of aromatic amines is 1. The van der Waals surface area contributed by atoms with Gasteiger partial charge in [0.15, 0.2) is 5.82 Å². The molecule has 2 heterocycles. The number of carbonyl (C=O) groups is 1. The lowest BCUT2D eigenvalue weighted by Gasteiger charge is -2.30. The van der Waals surface area contributed by atoms with Crippen LogP contribution >= 0.6 is 0 Å². The van der Waals surface area contributed by atoms with Gasteiger partial charge in [-0.2, -0.15) is 5.10 Å². The van der Waals surface area contributed by atoms with E-state index in [-0.39, 0.29) is 11.9 Å². The maximum absolute atomic E-state index is 13.2. The van der Waals surface area contributed by atoms with Gasteiger partial charge < -0.3 is 4.90 Å². The highest BCUT2D eigenvalue weighted by atomic mass is 16.2. The summed E-state index contributed by atoms with van der Waals surface area (Å²) in [5.41, 5.74) is 3.51. The topological polar surface area (TPSA) is 65.1 Å². The molecule has 3 aromatic rings. The van der Waals surface area contributed by atoms with Crippen LogP contribution in [0.4, 0.5) is 0 Å². The molecule has 0 spiro atoms. The highest BCUT2D eigenvalue weighted by molar-refractivity contribution is 5.79. The molecular weight excluding hydrogens is 374 g/mol. The average Bonchev–Trinajstić information content (AvgIpc) is 3.07. The fraction of sp³-hybridized carbons (Fsp3) is 0.375. The standard InChI is InChI=1S/C24H29N5O/c1-18-9-6-7-12-21(18)15-23(30)29-14-8-13-28(16-20-10-4-3-5-11-20)22(17-29)24-25-19(2)26-27-24/h3-7,9-12,22H,8,13-17H2,1-2H3,(H,25,26,27). The van der Waals surface area contributed by atoms with Gasteiger partial charge in [-0.25, -0.2) is 4.98 Å². The second-order valence-corrected chi connectivity index (χ2v) is 8.05. The van der Waals surface area contributed by atoms with Crippen molar-refractivity contribution in [2.75, 3.05) is 19.6 Å². The number of aryl methyl sites for hydroxylation is 2. The van der Waals surface area contributed by atoms with Crippen LogP contribution in [0.1, 0.15) is 40.8 Å². The third-order valence-electron chi connectivity index (χ3n) is 5.80. The van der Waals surface area contributed by atoms with E-state index in [2.05, 4.69) is 57.3 Å². The minimum absolute atomic E-state index is 0.0292. The zero-order chi connectivity index (χ0) is 20.9. The first kappa shape index (κ1) is 20.3. The molecule has 4 rings (SSSR count). The normalized spacial score (nSPS) is 17.7. The fourth-order valence-electron chi connectivity index (χ4n) is 4.11. The number of carbonyl (C=O) groups excluding carboxylic acids is 1. The van der Waals surface area contributed by atoms with Gasteiger partial charge in [-0.3, -0.25) is 14.8 Å². The van der Waals surface area contributed by atoms with Crippen molar-refractivity contribution in [3.63, 3.8) is 0 Å². The van der Waals surface area contributed by atoms with Crippen LogP contribution in [0, 0.1) is 13.8 Å². The predicted molar refractivity (Wildman–Crippen MR) is 117 cm³/mol. The molecule has 1 amide bonds. The Morgan fingerprint density at radius 1 is 1.07 bits per heavy atom. The molecule has 0 aliphatic carbocycles. The van der Waals surface area contributed by atoms with Gasteiger partial charge >= 0.3 is 0 Å². The Labute approximate surface area is 177 Å².